The smallest absolute Gasteiger partial charge is 0.317 e. The average molecular weight is 384 g/mol. The van der Waals surface area contributed by atoms with Crippen LogP contribution in [0.2, 0.25) is 0 Å². The number of nitrogens with zero attached hydrogens (tertiary/aromatic N) is 4. The van der Waals surface area contributed by atoms with Crippen LogP contribution in [-0.4, -0.2) is 68.8 Å². The first-order valence-corrected chi connectivity index (χ1v) is 9.78. The molecule has 1 amide bonds. The van der Waals surface area contributed by atoms with Gasteiger partial charge >= 0.3 is 5.97 Å². The minimum Gasteiger partial charge on any atom is -0.480 e. The number of amides is 1. The summed E-state index contributed by atoms with van der Waals surface area (Å²) >= 11 is 0. The molecule has 0 radical (unpaired) electrons. The molecule has 0 saturated carbocycles. The van der Waals surface area contributed by atoms with Gasteiger partial charge in [0.1, 0.15) is 0 Å². The Morgan fingerprint density at radius 1 is 1.21 bits per heavy atom. The molecule has 1 aromatic carbocycles. The van der Waals surface area contributed by atoms with E-state index in [1.54, 1.807) is 6.20 Å². The number of hydrogen-bond acceptors (Lipinski definition) is 4. The van der Waals surface area contributed by atoms with E-state index in [0.717, 1.165) is 29.8 Å². The van der Waals surface area contributed by atoms with Crippen molar-refractivity contribution in [2.24, 2.45) is 0 Å². The van der Waals surface area contributed by atoms with Crippen LogP contribution in [0, 0.1) is 13.8 Å². The molecule has 2 heterocycles. The molecule has 3 rings (SSSR count). The van der Waals surface area contributed by atoms with Crippen LogP contribution >= 0.6 is 0 Å². The number of likely N-dealkylation sites (tertiary alicyclic amines) is 1. The zero-order valence-corrected chi connectivity index (χ0v) is 16.8. The van der Waals surface area contributed by atoms with Crippen LogP contribution in [0.4, 0.5) is 0 Å². The number of aliphatic carboxylic acids is 1. The normalized spacial score (nSPS) is 15.2. The van der Waals surface area contributed by atoms with Crippen molar-refractivity contribution in [2.75, 3.05) is 26.2 Å². The Balaban J connectivity index is 1.69. The second-order valence-corrected chi connectivity index (χ2v) is 7.32. The second kappa shape index (κ2) is 8.56. The third kappa shape index (κ3) is 4.09. The van der Waals surface area contributed by atoms with Gasteiger partial charge in [-0.2, -0.15) is 5.10 Å². The summed E-state index contributed by atoms with van der Waals surface area (Å²) in [4.78, 5) is 27.9. The van der Waals surface area contributed by atoms with Gasteiger partial charge in [0.15, 0.2) is 0 Å². The van der Waals surface area contributed by atoms with Gasteiger partial charge in [-0.05, 0) is 44.9 Å². The summed E-state index contributed by atoms with van der Waals surface area (Å²) < 4.78 is 1.82. The van der Waals surface area contributed by atoms with Crippen LogP contribution in [0.15, 0.2) is 30.5 Å². The summed E-state index contributed by atoms with van der Waals surface area (Å²) in [5.74, 6) is -0.809. The van der Waals surface area contributed by atoms with E-state index >= 15 is 0 Å². The molecule has 0 unspecified atom stereocenters. The fraction of sp³-hybridized carbons (Fsp3) is 0.476. The van der Waals surface area contributed by atoms with E-state index in [0.29, 0.717) is 25.2 Å². The number of carboxylic acid groups (broad SMARTS) is 1. The first kappa shape index (κ1) is 20.1. The largest absolute Gasteiger partial charge is 0.480 e. The van der Waals surface area contributed by atoms with Gasteiger partial charge in [-0.15, -0.1) is 0 Å². The molecule has 1 N–H and O–H groups in total. The highest BCUT2D eigenvalue weighted by atomic mass is 16.4. The number of rotatable bonds is 6. The van der Waals surface area contributed by atoms with Gasteiger partial charge in [-0.1, -0.05) is 25.1 Å². The van der Waals surface area contributed by atoms with E-state index in [1.807, 2.05) is 59.5 Å². The van der Waals surface area contributed by atoms with Crippen molar-refractivity contribution < 1.29 is 14.7 Å². The number of benzene rings is 1. The van der Waals surface area contributed by atoms with Gasteiger partial charge in [0.2, 0.25) is 0 Å². The summed E-state index contributed by atoms with van der Waals surface area (Å²) in [5, 5.41) is 13.5. The molecule has 2 aromatic rings. The molecule has 1 aliphatic heterocycles. The van der Waals surface area contributed by atoms with Gasteiger partial charge in [0.25, 0.3) is 5.91 Å². The van der Waals surface area contributed by atoms with E-state index < -0.39 is 5.97 Å². The van der Waals surface area contributed by atoms with Crippen molar-refractivity contribution in [3.05, 3.63) is 47.3 Å². The number of carbonyl (C=O) groups excluding carboxylic acids is 1. The van der Waals surface area contributed by atoms with Crippen molar-refractivity contribution in [3.8, 4) is 5.69 Å². The highest BCUT2D eigenvalue weighted by Gasteiger charge is 2.29. The lowest BCUT2D eigenvalue weighted by molar-refractivity contribution is -0.139. The molecular weight excluding hydrogens is 356 g/mol. The van der Waals surface area contributed by atoms with E-state index in [2.05, 4.69) is 5.10 Å². The summed E-state index contributed by atoms with van der Waals surface area (Å²) in [7, 11) is 0. The second-order valence-electron chi connectivity index (χ2n) is 7.32. The number of likely N-dealkylation sites (N-methyl/N-ethyl adjacent to an activating group) is 1. The quantitative estimate of drug-likeness (QED) is 0.828. The Morgan fingerprint density at radius 2 is 1.89 bits per heavy atom. The maximum atomic E-state index is 13.0. The third-order valence-corrected chi connectivity index (χ3v) is 5.60. The van der Waals surface area contributed by atoms with Crippen molar-refractivity contribution in [1.82, 2.24) is 19.6 Å². The summed E-state index contributed by atoms with van der Waals surface area (Å²) in [6, 6.07) is 8.18. The summed E-state index contributed by atoms with van der Waals surface area (Å²) in [6.45, 7) is 7.95. The number of para-hydroxylation sites is 1. The number of hydrogen-bond donors (Lipinski definition) is 1. The van der Waals surface area contributed by atoms with Crippen LogP contribution < -0.4 is 0 Å². The maximum Gasteiger partial charge on any atom is 0.317 e. The number of carboxylic acids is 1. The Labute approximate surface area is 165 Å². The predicted octanol–water partition coefficient (Wildman–Crippen LogP) is 2.50. The lowest BCUT2D eigenvalue weighted by atomic mass is 10.0. The molecule has 0 aliphatic carbocycles. The molecular formula is C21H28N4O3. The molecule has 1 aliphatic rings. The highest BCUT2D eigenvalue weighted by Crippen LogP contribution is 2.22. The minimum absolute atomic E-state index is 0.00272. The number of carbonyl (C=O) groups is 2. The van der Waals surface area contributed by atoms with Gasteiger partial charge in [0.05, 0.1) is 29.7 Å². The molecule has 150 valence electrons. The Bertz CT molecular complexity index is 853. The molecule has 1 fully saturated rings. The maximum absolute atomic E-state index is 13.0. The van der Waals surface area contributed by atoms with E-state index in [9.17, 15) is 9.59 Å². The van der Waals surface area contributed by atoms with Gasteiger partial charge < -0.3 is 10.0 Å². The van der Waals surface area contributed by atoms with Crippen molar-refractivity contribution in [2.45, 2.75) is 39.7 Å². The first-order chi connectivity index (χ1) is 13.4. The van der Waals surface area contributed by atoms with Gasteiger partial charge in [-0.3, -0.25) is 14.5 Å². The Hall–Kier alpha value is -2.67. The van der Waals surface area contributed by atoms with Gasteiger partial charge in [0, 0.05) is 19.1 Å². The van der Waals surface area contributed by atoms with E-state index in [4.69, 9.17) is 5.11 Å². The SMILES string of the molecule is CCN(CC(=O)O)C1CCN(C(=O)c2cnn(-c3ccccc3C)c2C)CC1. The molecule has 7 heteroatoms. The fourth-order valence-electron chi connectivity index (χ4n) is 3.94. The topological polar surface area (TPSA) is 78.7 Å². The first-order valence-electron chi connectivity index (χ1n) is 9.78. The van der Waals surface area contributed by atoms with E-state index in [1.165, 1.54) is 0 Å². The Morgan fingerprint density at radius 3 is 2.50 bits per heavy atom. The van der Waals surface area contributed by atoms with E-state index in [-0.39, 0.29) is 18.5 Å². The lowest BCUT2D eigenvalue weighted by Crippen LogP contribution is -2.48. The number of aryl methyl sites for hydroxylation is 1. The lowest BCUT2D eigenvalue weighted by Gasteiger charge is -2.37. The standard InChI is InChI=1S/C21H28N4O3/c1-4-23(14-20(26)27)17-9-11-24(12-10-17)21(28)18-13-22-25(16(18)3)19-8-6-5-7-15(19)2/h5-8,13,17H,4,9-12,14H2,1-3H3,(H,26,27). The van der Waals surface area contributed by atoms with Crippen molar-refractivity contribution >= 4 is 11.9 Å². The van der Waals surface area contributed by atoms with Crippen molar-refractivity contribution in [3.63, 3.8) is 0 Å². The molecule has 0 bridgehead atoms. The number of aromatic nitrogens is 2. The van der Waals surface area contributed by atoms with Gasteiger partial charge in [-0.25, -0.2) is 4.68 Å². The highest BCUT2D eigenvalue weighted by molar-refractivity contribution is 5.95. The monoisotopic (exact) mass is 384 g/mol. The van der Waals surface area contributed by atoms with Crippen LogP contribution in [0.1, 0.15) is 41.4 Å². The fourth-order valence-corrected chi connectivity index (χ4v) is 3.94. The molecule has 1 saturated heterocycles. The van der Waals surface area contributed by atoms with Crippen LogP contribution in [0.25, 0.3) is 5.69 Å². The predicted molar refractivity (Wildman–Crippen MR) is 107 cm³/mol. The molecule has 28 heavy (non-hydrogen) atoms. The van der Waals surface area contributed by atoms with Crippen LogP contribution in [0.3, 0.4) is 0 Å². The Kier molecular flexibility index (Phi) is 6.14. The van der Waals surface area contributed by atoms with Crippen LogP contribution in [-0.2, 0) is 4.79 Å². The molecule has 0 spiro atoms. The average Bonchev–Trinajstić information content (AvgIpc) is 3.07. The van der Waals surface area contributed by atoms with Crippen LogP contribution in [0.5, 0.6) is 0 Å². The number of piperidine rings is 1. The summed E-state index contributed by atoms with van der Waals surface area (Å²) in [5.41, 5.74) is 3.54. The molecule has 7 nitrogen and oxygen atoms in total. The molecule has 0 atom stereocenters. The molecule has 1 aromatic heterocycles. The van der Waals surface area contributed by atoms with Crippen molar-refractivity contribution in [1.29, 1.82) is 0 Å². The zero-order chi connectivity index (χ0) is 20.3. The summed E-state index contributed by atoms with van der Waals surface area (Å²) in [6.07, 6.45) is 3.23. The minimum atomic E-state index is -0.806. The zero-order valence-electron chi connectivity index (χ0n) is 16.8. The third-order valence-electron chi connectivity index (χ3n) is 5.60.